The van der Waals surface area contributed by atoms with E-state index >= 15 is 0 Å². The number of alkyl halides is 3. The molecule has 1 amide bonds. The molecule has 10 nitrogen and oxygen atoms in total. The molecule has 0 spiro atoms. The van der Waals surface area contributed by atoms with Gasteiger partial charge in [0.1, 0.15) is 0 Å². The summed E-state index contributed by atoms with van der Waals surface area (Å²) in [5, 5.41) is 19.1. The van der Waals surface area contributed by atoms with E-state index in [2.05, 4.69) is 42.4 Å². The first-order valence-electron chi connectivity index (χ1n) is 14.8. The number of aryl methyl sites for hydroxylation is 1. The number of hydrogen-bond acceptors (Lipinski definition) is 8. The minimum atomic E-state index is -4.56. The number of aliphatic hydroxyl groups excluding tert-OH is 1. The molecule has 1 aliphatic heterocycles. The number of anilines is 3. The number of likely N-dealkylation sites (N-methyl/N-ethyl adjacent to an activating group) is 1. The highest BCUT2D eigenvalue weighted by Gasteiger charge is 2.34. The van der Waals surface area contributed by atoms with Crippen LogP contribution in [0.4, 0.5) is 30.5 Å². The molecule has 1 saturated heterocycles. The normalized spacial score (nSPS) is 14.1. The van der Waals surface area contributed by atoms with Crippen LogP contribution in [0.1, 0.15) is 43.9 Å². The van der Waals surface area contributed by atoms with Crippen molar-refractivity contribution < 1.29 is 23.1 Å². The number of nitrogens with zero attached hydrogens (tertiary/aromatic N) is 6. The van der Waals surface area contributed by atoms with Crippen LogP contribution in [-0.4, -0.2) is 80.4 Å². The van der Waals surface area contributed by atoms with Gasteiger partial charge in [0.15, 0.2) is 0 Å². The summed E-state index contributed by atoms with van der Waals surface area (Å²) >= 11 is 0. The van der Waals surface area contributed by atoms with Crippen molar-refractivity contribution in [3.63, 3.8) is 0 Å². The van der Waals surface area contributed by atoms with Crippen LogP contribution in [0.2, 0.25) is 0 Å². The van der Waals surface area contributed by atoms with Gasteiger partial charge in [0.25, 0.3) is 5.91 Å². The maximum atomic E-state index is 14.0. The number of benzene rings is 2. The number of carbonyl (C=O) groups excluding carboxylic acids is 1. The molecular weight excluding hydrogens is 597 g/mol. The number of aliphatic hydroxyl groups is 1. The molecule has 2 aromatic carbocycles. The predicted molar refractivity (Wildman–Crippen MR) is 169 cm³/mol. The largest absolute Gasteiger partial charge is 0.416 e. The van der Waals surface area contributed by atoms with Crippen LogP contribution in [0.15, 0.2) is 55.0 Å². The molecule has 0 radical (unpaired) electrons. The van der Waals surface area contributed by atoms with Crippen molar-refractivity contribution in [2.75, 3.05) is 50.5 Å². The van der Waals surface area contributed by atoms with E-state index in [9.17, 15) is 18.0 Å². The SMILES string of the molecule is Cc1ccc(C(=O)Nc2ccc(CN3CCN(C)CC3)c(C(F)(F)F)c2)cc1C#Cc1cnc(Nc2cnn(CCO)c2C)nc1. The number of amides is 1. The van der Waals surface area contributed by atoms with Gasteiger partial charge in [-0.25, -0.2) is 9.97 Å². The van der Waals surface area contributed by atoms with Gasteiger partial charge in [-0.3, -0.25) is 14.4 Å². The number of nitrogens with one attached hydrogen (secondary N) is 2. The maximum Gasteiger partial charge on any atom is 0.416 e. The summed E-state index contributed by atoms with van der Waals surface area (Å²) in [5.41, 5.74) is 3.26. The smallest absolute Gasteiger partial charge is 0.394 e. The summed E-state index contributed by atoms with van der Waals surface area (Å²) in [7, 11) is 1.99. The molecule has 0 unspecified atom stereocenters. The van der Waals surface area contributed by atoms with Gasteiger partial charge in [-0.1, -0.05) is 24.0 Å². The first-order valence-corrected chi connectivity index (χ1v) is 14.8. The van der Waals surface area contributed by atoms with Gasteiger partial charge in [0.05, 0.1) is 41.9 Å². The zero-order valence-corrected chi connectivity index (χ0v) is 25.8. The molecule has 46 heavy (non-hydrogen) atoms. The van der Waals surface area contributed by atoms with E-state index in [-0.39, 0.29) is 30.0 Å². The quantitative estimate of drug-likeness (QED) is 0.245. The molecule has 1 fully saturated rings. The lowest BCUT2D eigenvalue weighted by molar-refractivity contribution is -0.138. The third-order valence-electron chi connectivity index (χ3n) is 7.82. The van der Waals surface area contributed by atoms with Crippen LogP contribution in [-0.2, 0) is 19.3 Å². The van der Waals surface area contributed by atoms with Crippen LogP contribution >= 0.6 is 0 Å². The Morgan fingerprint density at radius 3 is 2.43 bits per heavy atom. The predicted octanol–water partition coefficient (Wildman–Crippen LogP) is 4.44. The molecule has 3 heterocycles. The van der Waals surface area contributed by atoms with Gasteiger partial charge in [0, 0.05) is 61.9 Å². The second-order valence-electron chi connectivity index (χ2n) is 11.2. The standard InChI is InChI=1S/C33H35F3N8O2/c1-22-4-6-26(16-25(22)7-5-24-18-37-32(38-19-24)41-30-20-39-44(14-15-45)23(30)2)31(46)40-28-9-8-27(29(17-28)33(34,35)36)21-43-12-10-42(3)11-13-43/h4,6,8-9,16-20,45H,10-15,21H2,1-3H3,(H,40,46)(H,37,38,41). The highest BCUT2D eigenvalue weighted by Crippen LogP contribution is 2.35. The Morgan fingerprint density at radius 2 is 1.74 bits per heavy atom. The molecule has 1 aliphatic rings. The zero-order chi connectivity index (χ0) is 32.8. The highest BCUT2D eigenvalue weighted by molar-refractivity contribution is 6.04. The average molecular weight is 633 g/mol. The van der Waals surface area contributed by atoms with Crippen LogP contribution in [0.3, 0.4) is 0 Å². The molecule has 4 aromatic rings. The van der Waals surface area contributed by atoms with Crippen molar-refractivity contribution in [1.82, 2.24) is 29.5 Å². The van der Waals surface area contributed by atoms with E-state index in [0.717, 1.165) is 30.4 Å². The second-order valence-corrected chi connectivity index (χ2v) is 11.2. The Kier molecular flexibility index (Phi) is 10.0. The molecule has 0 atom stereocenters. The molecule has 240 valence electrons. The van der Waals surface area contributed by atoms with E-state index < -0.39 is 17.6 Å². The van der Waals surface area contributed by atoms with Gasteiger partial charge in [0.2, 0.25) is 5.95 Å². The van der Waals surface area contributed by atoms with E-state index in [1.807, 2.05) is 25.8 Å². The summed E-state index contributed by atoms with van der Waals surface area (Å²) < 4.78 is 43.7. The maximum absolute atomic E-state index is 14.0. The molecule has 0 aliphatic carbocycles. The Labute approximate surface area is 265 Å². The summed E-state index contributed by atoms with van der Waals surface area (Å²) in [5.74, 6) is 5.85. The second kappa shape index (κ2) is 14.1. The van der Waals surface area contributed by atoms with Crippen LogP contribution in [0, 0.1) is 25.7 Å². The zero-order valence-electron chi connectivity index (χ0n) is 25.8. The Bertz CT molecular complexity index is 1750. The highest BCUT2D eigenvalue weighted by atomic mass is 19.4. The number of aromatic nitrogens is 4. The number of piperazine rings is 1. The lowest BCUT2D eigenvalue weighted by atomic mass is 10.0. The number of halogens is 3. The Hall–Kier alpha value is -4.77. The Morgan fingerprint density at radius 1 is 1.00 bits per heavy atom. The molecule has 0 saturated carbocycles. The molecular formula is C33H35F3N8O2. The minimum Gasteiger partial charge on any atom is -0.394 e. The van der Waals surface area contributed by atoms with Crippen LogP contribution in [0.25, 0.3) is 0 Å². The van der Waals surface area contributed by atoms with Crippen LogP contribution < -0.4 is 10.6 Å². The third-order valence-corrected chi connectivity index (χ3v) is 7.82. The lowest BCUT2D eigenvalue weighted by Crippen LogP contribution is -2.44. The number of rotatable bonds is 8. The average Bonchev–Trinajstić information content (AvgIpc) is 3.37. The van der Waals surface area contributed by atoms with Crippen molar-refractivity contribution in [3.05, 3.63) is 94.1 Å². The van der Waals surface area contributed by atoms with Crippen molar-refractivity contribution in [3.8, 4) is 11.8 Å². The van der Waals surface area contributed by atoms with E-state index in [0.29, 0.717) is 42.4 Å². The first kappa shape index (κ1) is 32.6. The van der Waals surface area contributed by atoms with Crippen molar-refractivity contribution in [2.24, 2.45) is 0 Å². The van der Waals surface area contributed by atoms with Gasteiger partial charge in [-0.05, 0) is 56.3 Å². The van der Waals surface area contributed by atoms with Gasteiger partial charge < -0.3 is 20.6 Å². The summed E-state index contributed by atoms with van der Waals surface area (Å²) in [6.45, 7) is 7.27. The molecule has 3 N–H and O–H groups in total. The first-order chi connectivity index (χ1) is 22.0. The fraction of sp³-hybridized carbons (Fsp3) is 0.333. The van der Waals surface area contributed by atoms with Crippen molar-refractivity contribution >= 4 is 23.2 Å². The van der Waals surface area contributed by atoms with Crippen molar-refractivity contribution in [2.45, 2.75) is 33.1 Å². The van der Waals surface area contributed by atoms with E-state index in [1.165, 1.54) is 12.1 Å². The fourth-order valence-corrected chi connectivity index (χ4v) is 5.01. The van der Waals surface area contributed by atoms with Gasteiger partial charge in [-0.15, -0.1) is 0 Å². The van der Waals surface area contributed by atoms with E-state index in [4.69, 9.17) is 5.11 Å². The van der Waals surface area contributed by atoms with Crippen LogP contribution in [0.5, 0.6) is 0 Å². The fourth-order valence-electron chi connectivity index (χ4n) is 5.01. The molecule has 5 rings (SSSR count). The number of hydrogen-bond donors (Lipinski definition) is 3. The summed E-state index contributed by atoms with van der Waals surface area (Å²) in [6, 6.07) is 8.90. The van der Waals surface area contributed by atoms with Gasteiger partial charge in [-0.2, -0.15) is 18.3 Å². The third kappa shape index (κ3) is 8.08. The minimum absolute atomic E-state index is 0.0208. The molecule has 0 bridgehead atoms. The molecule has 13 heteroatoms. The summed E-state index contributed by atoms with van der Waals surface area (Å²) in [4.78, 5) is 25.9. The summed E-state index contributed by atoms with van der Waals surface area (Å²) in [6.07, 6.45) is 0.199. The topological polar surface area (TPSA) is 111 Å². The van der Waals surface area contributed by atoms with E-state index in [1.54, 1.807) is 41.5 Å². The monoisotopic (exact) mass is 632 g/mol. The molecule has 2 aromatic heterocycles. The van der Waals surface area contributed by atoms with Gasteiger partial charge >= 0.3 is 6.18 Å². The lowest BCUT2D eigenvalue weighted by Gasteiger charge is -2.33. The number of carbonyl (C=O) groups is 1. The van der Waals surface area contributed by atoms with Crippen molar-refractivity contribution in [1.29, 1.82) is 0 Å². The Balaban J connectivity index is 1.27.